The number of hydrogen-bond donors (Lipinski definition) is 0. The number of benzene rings is 1. The number of fused-ring (bicyclic) bond motifs is 1. The zero-order chi connectivity index (χ0) is 24.9. The quantitative estimate of drug-likeness (QED) is 0.155. The van der Waals surface area contributed by atoms with Gasteiger partial charge in [-0.2, -0.15) is 0 Å². The maximum atomic E-state index is 11.7. The minimum absolute atomic E-state index is 0.149. The topological polar surface area (TPSA) is 130 Å². The van der Waals surface area contributed by atoms with E-state index in [1.807, 2.05) is 0 Å². The number of terminal acetylenes is 1. The lowest BCUT2D eigenvalue weighted by molar-refractivity contribution is -0.649. The van der Waals surface area contributed by atoms with E-state index in [9.17, 15) is 9.59 Å². The number of ether oxygens (including phenoxy) is 7. The first-order chi connectivity index (χ1) is 15.8. The van der Waals surface area contributed by atoms with Crippen LogP contribution in [0, 0.1) is 12.3 Å². The molecule has 1 heterocycles. The van der Waals surface area contributed by atoms with Crippen LogP contribution in [-0.4, -0.2) is 67.6 Å². The minimum Gasteiger partial charge on any atom is -0.449 e. The summed E-state index contributed by atoms with van der Waals surface area (Å²) in [6.07, 6.45) is 1.14. The van der Waals surface area contributed by atoms with Crippen molar-refractivity contribution in [3.63, 3.8) is 0 Å². The van der Waals surface area contributed by atoms with Crippen LogP contribution in [0.15, 0.2) is 39.5 Å². The smallest absolute Gasteiger partial charge is 0.445 e. The van der Waals surface area contributed by atoms with Crippen molar-refractivity contribution in [1.29, 1.82) is 0 Å². The molecule has 0 radical (unpaired) electrons. The molecule has 2 rings (SSSR count). The highest BCUT2D eigenvalue weighted by Crippen LogP contribution is 2.26. The lowest BCUT2D eigenvalue weighted by Gasteiger charge is -2.35. The molecule has 33 heavy (non-hydrogen) atoms. The van der Waals surface area contributed by atoms with Gasteiger partial charge in [0.05, 0.1) is 12.5 Å². The number of hydrogen-bond acceptors (Lipinski definition) is 12. The normalized spacial score (nSPS) is 11.4. The highest BCUT2D eigenvalue weighted by atomic mass is 17.3. The fraction of sp³-hybridized carbons (Fsp3) is 0.429. The molecule has 2 aromatic rings. The third-order valence-electron chi connectivity index (χ3n) is 3.81. The summed E-state index contributed by atoms with van der Waals surface area (Å²) in [5.74, 6) is 1.26. The summed E-state index contributed by atoms with van der Waals surface area (Å²) in [7, 11) is 7.70. The summed E-state index contributed by atoms with van der Waals surface area (Å²) in [5.41, 5.74) is 0.0483. The van der Waals surface area contributed by atoms with Gasteiger partial charge in [0.15, 0.2) is 12.0 Å². The van der Waals surface area contributed by atoms with E-state index in [1.54, 1.807) is 24.3 Å². The van der Waals surface area contributed by atoms with E-state index >= 15 is 0 Å². The van der Waals surface area contributed by atoms with E-state index in [0.717, 1.165) is 6.07 Å². The second kappa shape index (κ2) is 13.6. The first-order valence-corrected chi connectivity index (χ1v) is 9.11. The molecule has 0 unspecified atom stereocenters. The zero-order valence-corrected chi connectivity index (χ0v) is 19.1. The SMILES string of the molecule is C#CCOC(=O)c1cc(=O)c2ccccc2o1.COOC(OC)(OC)OC(OC)(OC)OC. The van der Waals surface area contributed by atoms with Crippen molar-refractivity contribution < 1.29 is 52.1 Å². The monoisotopic (exact) mass is 470 g/mol. The number of carbonyl (C=O) groups is 1. The summed E-state index contributed by atoms with van der Waals surface area (Å²) in [4.78, 5) is 32.2. The Bertz CT molecular complexity index is 961. The van der Waals surface area contributed by atoms with E-state index in [2.05, 4.69) is 20.4 Å². The van der Waals surface area contributed by atoms with Crippen LogP contribution in [0.3, 0.4) is 0 Å². The zero-order valence-electron chi connectivity index (χ0n) is 19.1. The fourth-order valence-electron chi connectivity index (χ4n) is 2.26. The van der Waals surface area contributed by atoms with Crippen LogP contribution in [0.25, 0.3) is 11.0 Å². The van der Waals surface area contributed by atoms with Crippen molar-refractivity contribution >= 4 is 16.9 Å². The van der Waals surface area contributed by atoms with Gasteiger partial charge in [0.2, 0.25) is 5.76 Å². The Morgan fingerprint density at radius 2 is 1.55 bits per heavy atom. The highest BCUT2D eigenvalue weighted by Gasteiger charge is 2.47. The van der Waals surface area contributed by atoms with Gasteiger partial charge in [-0.3, -0.25) is 4.79 Å². The molecule has 0 N–H and O–H groups in total. The van der Waals surface area contributed by atoms with Crippen LogP contribution < -0.4 is 5.43 Å². The van der Waals surface area contributed by atoms with Gasteiger partial charge in [-0.25, -0.2) is 14.4 Å². The third-order valence-corrected chi connectivity index (χ3v) is 3.81. The first kappa shape index (κ1) is 28.2. The Morgan fingerprint density at radius 1 is 0.970 bits per heavy atom. The van der Waals surface area contributed by atoms with E-state index in [0.29, 0.717) is 11.0 Å². The molecule has 12 heteroatoms. The molecule has 0 aliphatic rings. The molecule has 0 fully saturated rings. The van der Waals surface area contributed by atoms with E-state index in [4.69, 9.17) is 39.3 Å². The van der Waals surface area contributed by atoms with Crippen molar-refractivity contribution in [3.05, 3.63) is 46.3 Å². The summed E-state index contributed by atoms with van der Waals surface area (Å²) in [6.45, 7) is -0.157. The average molecular weight is 470 g/mol. The molecule has 0 bridgehead atoms. The highest BCUT2D eigenvalue weighted by molar-refractivity contribution is 5.88. The largest absolute Gasteiger partial charge is 0.449 e. The van der Waals surface area contributed by atoms with Gasteiger partial charge in [-0.1, -0.05) is 18.1 Å². The van der Waals surface area contributed by atoms with Crippen LogP contribution in [-0.2, 0) is 42.9 Å². The molecule has 0 saturated carbocycles. The molecule has 182 valence electrons. The third kappa shape index (κ3) is 7.60. The van der Waals surface area contributed by atoms with Crippen LogP contribution >= 0.6 is 0 Å². The Hall–Kier alpha value is -2.86. The maximum absolute atomic E-state index is 11.7. The second-order valence-corrected chi connectivity index (χ2v) is 5.62. The van der Waals surface area contributed by atoms with Crippen LogP contribution in [0.5, 0.6) is 0 Å². The maximum Gasteiger partial charge on any atom is 0.445 e. The summed E-state index contributed by atoms with van der Waals surface area (Å²) in [5, 5.41) is 0.418. The van der Waals surface area contributed by atoms with E-state index in [-0.39, 0.29) is 17.8 Å². The van der Waals surface area contributed by atoms with Gasteiger partial charge in [-0.05, 0) is 12.1 Å². The lowest BCUT2D eigenvalue weighted by Crippen LogP contribution is -2.52. The van der Waals surface area contributed by atoms with Crippen molar-refractivity contribution in [2.24, 2.45) is 0 Å². The van der Waals surface area contributed by atoms with E-state index < -0.39 is 18.3 Å². The molecule has 0 spiro atoms. The van der Waals surface area contributed by atoms with Gasteiger partial charge >= 0.3 is 18.3 Å². The van der Waals surface area contributed by atoms with Gasteiger partial charge < -0.3 is 32.8 Å². The van der Waals surface area contributed by atoms with Gasteiger partial charge in [0, 0.05) is 41.6 Å². The van der Waals surface area contributed by atoms with Crippen LogP contribution in [0.1, 0.15) is 10.6 Å². The summed E-state index contributed by atoms with van der Waals surface area (Å²) in [6, 6.07) is 7.75. The molecule has 12 nitrogen and oxygen atoms in total. The molecule has 0 aliphatic heterocycles. The number of esters is 1. The minimum atomic E-state index is -1.98. The predicted octanol–water partition coefficient (Wildman–Crippen LogP) is 1.62. The molecular weight excluding hydrogens is 444 g/mol. The molecule has 0 amide bonds. The number of para-hydroxylation sites is 1. The molecule has 0 atom stereocenters. The van der Waals surface area contributed by atoms with Gasteiger partial charge in [-0.15, -0.1) is 11.3 Å². The van der Waals surface area contributed by atoms with E-state index in [1.165, 1.54) is 42.7 Å². The number of methoxy groups -OCH3 is 5. The number of carbonyl (C=O) groups excluding carboxylic acids is 1. The van der Waals surface area contributed by atoms with Crippen molar-refractivity contribution in [2.75, 3.05) is 49.3 Å². The summed E-state index contributed by atoms with van der Waals surface area (Å²) >= 11 is 0. The van der Waals surface area contributed by atoms with Crippen LogP contribution in [0.4, 0.5) is 0 Å². The predicted molar refractivity (Wildman–Crippen MR) is 111 cm³/mol. The standard InChI is InChI=1S/C13H8O4.C8H18O8/c1-2-7-16-13(15)12-8-10(14)9-5-3-4-6-11(9)17-12;1-9-7(10-2,11-3)15-8(12-4,13-5)16-14-6/h1,3-6,8H,7H2;1-6H3. The Morgan fingerprint density at radius 3 is 2.06 bits per heavy atom. The van der Waals surface area contributed by atoms with Crippen LogP contribution in [0.2, 0.25) is 0 Å². The molecule has 1 aromatic carbocycles. The fourth-order valence-corrected chi connectivity index (χ4v) is 2.26. The molecule has 0 saturated heterocycles. The van der Waals surface area contributed by atoms with Crippen molar-refractivity contribution in [1.82, 2.24) is 0 Å². The van der Waals surface area contributed by atoms with Crippen molar-refractivity contribution in [2.45, 2.75) is 12.3 Å². The summed E-state index contributed by atoms with van der Waals surface area (Å²) < 4.78 is 39.4. The Balaban J connectivity index is 0.000000331. The lowest BCUT2D eigenvalue weighted by atomic mass is 10.2. The van der Waals surface area contributed by atoms with Crippen molar-refractivity contribution in [3.8, 4) is 12.3 Å². The first-order valence-electron chi connectivity index (χ1n) is 9.11. The molecular formula is C21H26O12. The Labute approximate surface area is 190 Å². The number of rotatable bonds is 11. The van der Waals surface area contributed by atoms with Gasteiger partial charge in [0.25, 0.3) is 0 Å². The Kier molecular flexibility index (Phi) is 11.6. The molecule has 0 aliphatic carbocycles. The van der Waals surface area contributed by atoms with Gasteiger partial charge in [0.1, 0.15) is 5.58 Å². The second-order valence-electron chi connectivity index (χ2n) is 5.62. The molecule has 1 aromatic heterocycles. The average Bonchev–Trinajstić information content (AvgIpc) is 2.86.